The molecule has 4 nitrogen and oxygen atoms in total. The number of carbonyl (C=O) groups excluding carboxylic acids is 2. The number of aryl methyl sites for hydroxylation is 1. The largest absolute Gasteiger partial charge is 0.375 e. The maximum absolute atomic E-state index is 13.2. The minimum absolute atomic E-state index is 0.226. The molecular formula is C24H21NO3S. The number of thiophene rings is 1. The molecule has 4 rings (SSSR count). The predicted octanol–water partition coefficient (Wildman–Crippen LogP) is 4.58. The van der Waals surface area contributed by atoms with Crippen LogP contribution in [-0.4, -0.2) is 23.3 Å². The molecule has 2 heterocycles. The van der Waals surface area contributed by atoms with Gasteiger partial charge in [-0.05, 0) is 30.7 Å². The van der Waals surface area contributed by atoms with Crippen molar-refractivity contribution >= 4 is 34.8 Å². The van der Waals surface area contributed by atoms with Crippen molar-refractivity contribution in [3.8, 4) is 0 Å². The number of fused-ring (bicyclic) bond motifs is 1. The number of nitrogens with zero attached hydrogens (tertiary/aromatic N) is 1. The van der Waals surface area contributed by atoms with Crippen LogP contribution in [0.1, 0.15) is 32.1 Å². The lowest BCUT2D eigenvalue weighted by atomic mass is 9.89. The fraction of sp³-hybridized carbons (Fsp3) is 0.167. The SMILES string of the molecule is Cc1ccc(C(=O)C[C@@]2(O)C(=O)N(C/C=C/c3ccccc3)c3ccccc32)s1. The van der Waals surface area contributed by atoms with Crippen LogP contribution in [0.2, 0.25) is 0 Å². The minimum Gasteiger partial charge on any atom is -0.375 e. The van der Waals surface area contributed by atoms with Crippen molar-refractivity contribution in [2.45, 2.75) is 18.9 Å². The summed E-state index contributed by atoms with van der Waals surface area (Å²) in [7, 11) is 0. The Labute approximate surface area is 173 Å². The molecule has 29 heavy (non-hydrogen) atoms. The van der Waals surface area contributed by atoms with Gasteiger partial charge < -0.3 is 10.0 Å². The number of anilines is 1. The van der Waals surface area contributed by atoms with Gasteiger partial charge in [0.05, 0.1) is 17.0 Å². The van der Waals surface area contributed by atoms with E-state index in [0.717, 1.165) is 10.4 Å². The molecular weight excluding hydrogens is 382 g/mol. The molecule has 0 fully saturated rings. The smallest absolute Gasteiger partial charge is 0.264 e. The van der Waals surface area contributed by atoms with Crippen LogP contribution in [0.25, 0.3) is 6.08 Å². The number of rotatable bonds is 6. The summed E-state index contributed by atoms with van der Waals surface area (Å²) in [5.41, 5.74) is 0.324. The van der Waals surface area contributed by atoms with Crippen molar-refractivity contribution < 1.29 is 14.7 Å². The third-order valence-corrected chi connectivity index (χ3v) is 6.11. The van der Waals surface area contributed by atoms with Gasteiger partial charge >= 0.3 is 0 Å². The molecule has 5 heteroatoms. The zero-order valence-corrected chi connectivity index (χ0v) is 16.9. The maximum Gasteiger partial charge on any atom is 0.264 e. The normalized spacial score (nSPS) is 18.4. The first-order valence-corrected chi connectivity index (χ1v) is 10.3. The lowest BCUT2D eigenvalue weighted by molar-refractivity contribution is -0.135. The number of amides is 1. The molecule has 1 N–H and O–H groups in total. The second-order valence-electron chi connectivity index (χ2n) is 7.12. The van der Waals surface area contributed by atoms with Crippen LogP contribution in [0.4, 0.5) is 5.69 Å². The fourth-order valence-corrected chi connectivity index (χ4v) is 4.43. The second-order valence-corrected chi connectivity index (χ2v) is 8.40. The number of hydrogen-bond donors (Lipinski definition) is 1. The van der Waals surface area contributed by atoms with Gasteiger partial charge in [-0.25, -0.2) is 0 Å². The van der Waals surface area contributed by atoms with Crippen molar-refractivity contribution in [3.05, 3.63) is 93.7 Å². The summed E-state index contributed by atoms with van der Waals surface area (Å²) in [6.45, 7) is 2.24. The zero-order chi connectivity index (χ0) is 20.4. The molecule has 0 unspecified atom stereocenters. The summed E-state index contributed by atoms with van der Waals surface area (Å²) in [5, 5.41) is 11.3. The Bertz CT molecular complexity index is 1090. The Kier molecular flexibility index (Phi) is 5.18. The third kappa shape index (κ3) is 3.67. The summed E-state index contributed by atoms with van der Waals surface area (Å²) < 4.78 is 0. The van der Waals surface area contributed by atoms with Crippen molar-refractivity contribution in [2.24, 2.45) is 0 Å². The summed E-state index contributed by atoms with van der Waals surface area (Å²) in [6.07, 6.45) is 3.56. The number of Topliss-reactive ketones (excluding diaryl/α,β-unsaturated/α-hetero) is 1. The number of hydrogen-bond acceptors (Lipinski definition) is 4. The molecule has 1 aliphatic rings. The van der Waals surface area contributed by atoms with E-state index < -0.39 is 11.5 Å². The average molecular weight is 404 g/mol. The van der Waals surface area contributed by atoms with Gasteiger partial charge in [0.2, 0.25) is 0 Å². The van der Waals surface area contributed by atoms with Crippen LogP contribution in [0.3, 0.4) is 0 Å². The van der Waals surface area contributed by atoms with E-state index in [9.17, 15) is 14.7 Å². The monoisotopic (exact) mass is 403 g/mol. The molecule has 0 saturated heterocycles. The number of carbonyl (C=O) groups is 2. The lowest BCUT2D eigenvalue weighted by Gasteiger charge is -2.22. The molecule has 1 aromatic heterocycles. The molecule has 0 spiro atoms. The van der Waals surface area contributed by atoms with Crippen LogP contribution >= 0.6 is 11.3 Å². The molecule has 2 aromatic carbocycles. The number of aliphatic hydroxyl groups is 1. The molecule has 0 radical (unpaired) electrons. The van der Waals surface area contributed by atoms with E-state index in [1.165, 1.54) is 11.3 Å². The number of ketones is 1. The topological polar surface area (TPSA) is 57.6 Å². The van der Waals surface area contributed by atoms with Gasteiger partial charge in [0.15, 0.2) is 11.4 Å². The summed E-state index contributed by atoms with van der Waals surface area (Å²) in [6, 6.07) is 20.6. The highest BCUT2D eigenvalue weighted by molar-refractivity contribution is 7.14. The van der Waals surface area contributed by atoms with Gasteiger partial charge in [-0.2, -0.15) is 0 Å². The van der Waals surface area contributed by atoms with Gasteiger partial charge in [-0.1, -0.05) is 60.7 Å². The minimum atomic E-state index is -1.84. The van der Waals surface area contributed by atoms with E-state index in [4.69, 9.17) is 0 Å². The summed E-state index contributed by atoms with van der Waals surface area (Å²) >= 11 is 1.38. The Balaban J connectivity index is 1.60. The first kappa shape index (κ1) is 19.3. The highest BCUT2D eigenvalue weighted by atomic mass is 32.1. The van der Waals surface area contributed by atoms with Crippen LogP contribution < -0.4 is 4.90 Å². The van der Waals surface area contributed by atoms with E-state index in [0.29, 0.717) is 22.7 Å². The standard InChI is InChI=1S/C24H21NO3S/c1-17-13-14-22(29-17)21(26)16-24(28)19-11-5-6-12-20(19)25(23(24)27)15-7-10-18-8-3-2-4-9-18/h2-14,28H,15-16H2,1H3/b10-7+/t24-/m0/s1. The number of para-hydroxylation sites is 1. The summed E-state index contributed by atoms with van der Waals surface area (Å²) in [4.78, 5) is 29.1. The van der Waals surface area contributed by atoms with Crippen LogP contribution in [-0.2, 0) is 10.4 Å². The maximum atomic E-state index is 13.2. The van der Waals surface area contributed by atoms with Crippen LogP contribution in [0.5, 0.6) is 0 Å². The first-order valence-electron chi connectivity index (χ1n) is 9.44. The Morgan fingerprint density at radius 2 is 1.79 bits per heavy atom. The van der Waals surface area contributed by atoms with E-state index in [-0.39, 0.29) is 12.2 Å². The Morgan fingerprint density at radius 1 is 1.07 bits per heavy atom. The average Bonchev–Trinajstić information content (AvgIpc) is 3.25. The van der Waals surface area contributed by atoms with Gasteiger partial charge in [-0.15, -0.1) is 11.3 Å². The Hall–Kier alpha value is -3.02. The highest BCUT2D eigenvalue weighted by Crippen LogP contribution is 2.43. The van der Waals surface area contributed by atoms with Crippen LogP contribution in [0, 0.1) is 6.92 Å². The number of benzene rings is 2. The molecule has 0 saturated carbocycles. The van der Waals surface area contributed by atoms with Crippen molar-refractivity contribution in [3.63, 3.8) is 0 Å². The molecule has 1 atom stereocenters. The predicted molar refractivity (Wildman–Crippen MR) is 116 cm³/mol. The zero-order valence-electron chi connectivity index (χ0n) is 16.0. The lowest BCUT2D eigenvalue weighted by Crippen LogP contribution is -2.41. The molecule has 146 valence electrons. The van der Waals surface area contributed by atoms with E-state index in [2.05, 4.69) is 0 Å². The van der Waals surface area contributed by atoms with E-state index in [1.807, 2.05) is 61.5 Å². The van der Waals surface area contributed by atoms with Gasteiger partial charge in [0.25, 0.3) is 5.91 Å². The summed E-state index contributed by atoms with van der Waals surface area (Å²) in [5.74, 6) is -0.687. The fourth-order valence-electron chi connectivity index (χ4n) is 3.62. The highest BCUT2D eigenvalue weighted by Gasteiger charge is 2.50. The van der Waals surface area contributed by atoms with Crippen molar-refractivity contribution in [2.75, 3.05) is 11.4 Å². The molecule has 1 aliphatic heterocycles. The second kappa shape index (κ2) is 7.78. The molecule has 1 amide bonds. The third-order valence-electron chi connectivity index (χ3n) is 5.07. The van der Waals surface area contributed by atoms with Crippen molar-refractivity contribution in [1.29, 1.82) is 0 Å². The van der Waals surface area contributed by atoms with E-state index >= 15 is 0 Å². The van der Waals surface area contributed by atoms with Crippen molar-refractivity contribution in [1.82, 2.24) is 0 Å². The van der Waals surface area contributed by atoms with E-state index in [1.54, 1.807) is 29.2 Å². The molecule has 0 bridgehead atoms. The molecule has 3 aromatic rings. The van der Waals surface area contributed by atoms with Crippen LogP contribution in [0.15, 0.2) is 72.8 Å². The molecule has 0 aliphatic carbocycles. The Morgan fingerprint density at radius 3 is 2.52 bits per heavy atom. The van der Waals surface area contributed by atoms with Gasteiger partial charge in [0, 0.05) is 17.0 Å². The quantitative estimate of drug-likeness (QED) is 0.613. The first-order chi connectivity index (χ1) is 14.0. The van der Waals surface area contributed by atoms with Gasteiger partial charge in [-0.3, -0.25) is 9.59 Å². The van der Waals surface area contributed by atoms with Gasteiger partial charge in [0.1, 0.15) is 0 Å².